The molecule has 0 unspecified atom stereocenters. The van der Waals surface area contributed by atoms with E-state index in [9.17, 15) is 23.1 Å². The number of halogens is 3. The second kappa shape index (κ2) is 6.33. The fourth-order valence-electron chi connectivity index (χ4n) is 3.47. The van der Waals surface area contributed by atoms with Gasteiger partial charge in [-0.15, -0.1) is 0 Å². The maximum absolute atomic E-state index is 13.7. The third-order valence-electron chi connectivity index (χ3n) is 4.78. The molecule has 3 rings (SSSR count). The van der Waals surface area contributed by atoms with Crippen LogP contribution in [0.3, 0.4) is 0 Å². The van der Waals surface area contributed by atoms with Crippen molar-refractivity contribution in [3.63, 3.8) is 0 Å². The molecule has 2 aliphatic rings. The summed E-state index contributed by atoms with van der Waals surface area (Å²) in [4.78, 5) is 12.4. The molecule has 136 valence electrons. The molecule has 1 aliphatic carbocycles. The molecular formula is C17H19F3N2O3. The molecule has 0 radical (unpaired) electrons. The Labute approximate surface area is 143 Å². The normalized spacial score (nSPS) is 29.2. The van der Waals surface area contributed by atoms with E-state index in [0.717, 1.165) is 0 Å². The van der Waals surface area contributed by atoms with Gasteiger partial charge in [-0.25, -0.2) is 0 Å². The van der Waals surface area contributed by atoms with Gasteiger partial charge in [0.05, 0.1) is 5.92 Å². The number of hydrogen-bond donors (Lipinski definition) is 1. The summed E-state index contributed by atoms with van der Waals surface area (Å²) < 4.78 is 46.2. The zero-order valence-electron chi connectivity index (χ0n) is 13.7. The van der Waals surface area contributed by atoms with E-state index in [2.05, 4.69) is 5.10 Å². The minimum atomic E-state index is -5.01. The topological polar surface area (TPSA) is 62.1 Å². The Morgan fingerprint density at radius 3 is 2.68 bits per heavy atom. The zero-order chi connectivity index (χ0) is 18.2. The van der Waals surface area contributed by atoms with Gasteiger partial charge in [-0.2, -0.15) is 23.3 Å². The lowest BCUT2D eigenvalue weighted by atomic mass is 9.75. The summed E-state index contributed by atoms with van der Waals surface area (Å²) in [5, 5.41) is 14.5. The van der Waals surface area contributed by atoms with Crippen molar-refractivity contribution in [3.8, 4) is 5.75 Å². The third-order valence-corrected chi connectivity index (χ3v) is 4.78. The van der Waals surface area contributed by atoms with Gasteiger partial charge in [0.2, 0.25) is 0 Å². The van der Waals surface area contributed by atoms with Gasteiger partial charge < -0.3 is 9.84 Å². The van der Waals surface area contributed by atoms with Gasteiger partial charge in [0.1, 0.15) is 5.75 Å². The number of amides is 1. The average molecular weight is 356 g/mol. The molecule has 1 fully saturated rings. The molecule has 1 aromatic rings. The molecule has 1 saturated carbocycles. The van der Waals surface area contributed by atoms with Crippen LogP contribution in [-0.4, -0.2) is 40.2 Å². The van der Waals surface area contributed by atoms with E-state index < -0.39 is 30.3 Å². The minimum Gasteiger partial charge on any atom is -0.484 e. The summed E-state index contributed by atoms with van der Waals surface area (Å²) in [6.45, 7) is 1.12. The molecule has 0 spiro atoms. The SMILES string of the molecule is C[C@@H]1CCC[C@H]2C1=NN(C(=O)COc1ccccc1)[C@]2(O)C(F)(F)F. The van der Waals surface area contributed by atoms with Crippen LogP contribution in [0, 0.1) is 11.8 Å². The lowest BCUT2D eigenvalue weighted by molar-refractivity contribution is -0.317. The monoisotopic (exact) mass is 356 g/mol. The van der Waals surface area contributed by atoms with Crippen molar-refractivity contribution in [2.24, 2.45) is 16.9 Å². The molecule has 1 aromatic carbocycles. The van der Waals surface area contributed by atoms with Gasteiger partial charge in [-0.05, 0) is 30.9 Å². The van der Waals surface area contributed by atoms with E-state index in [-0.39, 0.29) is 23.1 Å². The third kappa shape index (κ3) is 2.99. The molecule has 8 heteroatoms. The van der Waals surface area contributed by atoms with E-state index in [1.54, 1.807) is 37.3 Å². The lowest BCUT2D eigenvalue weighted by Crippen LogP contribution is -2.62. The highest BCUT2D eigenvalue weighted by Gasteiger charge is 2.69. The molecule has 0 aromatic heterocycles. The van der Waals surface area contributed by atoms with Crippen LogP contribution in [0.25, 0.3) is 0 Å². The fraction of sp³-hybridized carbons (Fsp3) is 0.529. The Hall–Kier alpha value is -2.09. The van der Waals surface area contributed by atoms with Gasteiger partial charge in [0, 0.05) is 5.71 Å². The Morgan fingerprint density at radius 2 is 2.04 bits per heavy atom. The predicted molar refractivity (Wildman–Crippen MR) is 83.7 cm³/mol. The maximum atomic E-state index is 13.7. The Bertz CT molecular complexity index is 677. The molecule has 1 amide bonds. The quantitative estimate of drug-likeness (QED) is 0.906. The average Bonchev–Trinajstić information content (AvgIpc) is 2.89. The van der Waals surface area contributed by atoms with Crippen molar-refractivity contribution < 1.29 is 27.8 Å². The van der Waals surface area contributed by atoms with Gasteiger partial charge in [-0.1, -0.05) is 31.5 Å². The highest BCUT2D eigenvalue weighted by atomic mass is 19.4. The zero-order valence-corrected chi connectivity index (χ0v) is 13.7. The Kier molecular flexibility index (Phi) is 4.49. The first-order valence-corrected chi connectivity index (χ1v) is 8.13. The Balaban J connectivity index is 1.85. The molecule has 0 bridgehead atoms. The van der Waals surface area contributed by atoms with Crippen LogP contribution in [0.15, 0.2) is 35.4 Å². The summed E-state index contributed by atoms with van der Waals surface area (Å²) >= 11 is 0. The van der Waals surface area contributed by atoms with Crippen LogP contribution in [0.4, 0.5) is 13.2 Å². The fourth-order valence-corrected chi connectivity index (χ4v) is 3.47. The molecule has 3 atom stereocenters. The van der Waals surface area contributed by atoms with Crippen LogP contribution in [0.2, 0.25) is 0 Å². The van der Waals surface area contributed by atoms with Crippen molar-refractivity contribution in [2.45, 2.75) is 38.1 Å². The van der Waals surface area contributed by atoms with Crippen molar-refractivity contribution in [2.75, 3.05) is 6.61 Å². The van der Waals surface area contributed by atoms with Crippen molar-refractivity contribution >= 4 is 11.6 Å². The van der Waals surface area contributed by atoms with E-state index in [1.807, 2.05) is 0 Å². The number of alkyl halides is 3. The number of para-hydroxylation sites is 1. The van der Waals surface area contributed by atoms with Gasteiger partial charge >= 0.3 is 6.18 Å². The van der Waals surface area contributed by atoms with Crippen molar-refractivity contribution in [1.29, 1.82) is 0 Å². The molecule has 1 N–H and O–H groups in total. The van der Waals surface area contributed by atoms with Crippen LogP contribution in [0.5, 0.6) is 5.75 Å². The molecule has 0 saturated heterocycles. The number of nitrogens with zero attached hydrogens (tertiary/aromatic N) is 2. The number of ether oxygens (including phenoxy) is 1. The van der Waals surface area contributed by atoms with E-state index in [4.69, 9.17) is 4.74 Å². The van der Waals surface area contributed by atoms with Gasteiger partial charge in [0.25, 0.3) is 11.6 Å². The number of fused-ring (bicyclic) bond motifs is 1. The molecule has 5 nitrogen and oxygen atoms in total. The second-order valence-corrected chi connectivity index (χ2v) is 6.44. The molecular weight excluding hydrogens is 337 g/mol. The first-order chi connectivity index (χ1) is 11.7. The summed E-state index contributed by atoms with van der Waals surface area (Å²) in [5.41, 5.74) is -3.08. The van der Waals surface area contributed by atoms with Crippen LogP contribution >= 0.6 is 0 Å². The second-order valence-electron chi connectivity index (χ2n) is 6.44. The molecule has 25 heavy (non-hydrogen) atoms. The van der Waals surface area contributed by atoms with Crippen LogP contribution in [-0.2, 0) is 4.79 Å². The number of rotatable bonds is 3. The van der Waals surface area contributed by atoms with Crippen molar-refractivity contribution in [1.82, 2.24) is 5.01 Å². The van der Waals surface area contributed by atoms with Gasteiger partial charge in [0.15, 0.2) is 6.61 Å². The Morgan fingerprint density at radius 1 is 1.36 bits per heavy atom. The standard InChI is InChI=1S/C17H19F3N2O3/c1-11-6-5-9-13-15(11)21-22(16(13,24)17(18,19)20)14(23)10-25-12-7-3-2-4-8-12/h2-4,7-8,11,13,24H,5-6,9-10H2,1H3/t11-,13+,16-/m1/s1. The molecule has 1 aliphatic heterocycles. The highest BCUT2D eigenvalue weighted by Crippen LogP contribution is 2.49. The highest BCUT2D eigenvalue weighted by molar-refractivity contribution is 5.95. The van der Waals surface area contributed by atoms with E-state index in [0.29, 0.717) is 18.6 Å². The van der Waals surface area contributed by atoms with Crippen LogP contribution < -0.4 is 4.74 Å². The molecule has 1 heterocycles. The number of aliphatic hydroxyl groups is 1. The summed E-state index contributed by atoms with van der Waals surface area (Å²) in [6, 6.07) is 8.27. The number of carbonyl (C=O) groups is 1. The van der Waals surface area contributed by atoms with Crippen molar-refractivity contribution in [3.05, 3.63) is 30.3 Å². The largest absolute Gasteiger partial charge is 0.484 e. The summed E-state index contributed by atoms with van der Waals surface area (Å²) in [6.07, 6.45) is -3.64. The number of benzene rings is 1. The first kappa shape index (κ1) is 17.7. The summed E-state index contributed by atoms with van der Waals surface area (Å²) in [5.74, 6) is -2.11. The predicted octanol–water partition coefficient (Wildman–Crippen LogP) is 2.95. The number of hydrazone groups is 1. The number of carbonyl (C=O) groups excluding carboxylic acids is 1. The minimum absolute atomic E-state index is 0.141. The first-order valence-electron chi connectivity index (χ1n) is 8.13. The summed E-state index contributed by atoms with van der Waals surface area (Å²) in [7, 11) is 0. The smallest absolute Gasteiger partial charge is 0.439 e. The number of hydrogen-bond acceptors (Lipinski definition) is 4. The lowest BCUT2D eigenvalue weighted by Gasteiger charge is -2.38. The van der Waals surface area contributed by atoms with Crippen LogP contribution in [0.1, 0.15) is 26.2 Å². The van der Waals surface area contributed by atoms with E-state index in [1.165, 1.54) is 0 Å². The van der Waals surface area contributed by atoms with E-state index >= 15 is 0 Å². The van der Waals surface area contributed by atoms with Gasteiger partial charge in [-0.3, -0.25) is 4.79 Å². The maximum Gasteiger partial charge on any atom is 0.439 e.